The van der Waals surface area contributed by atoms with Crippen molar-refractivity contribution < 1.29 is 4.74 Å². The van der Waals surface area contributed by atoms with E-state index in [9.17, 15) is 0 Å². The number of nitrogens with zero attached hydrogens (tertiary/aromatic N) is 5. The highest BCUT2D eigenvalue weighted by molar-refractivity contribution is 5.87. The average molecular weight is 656 g/mol. The van der Waals surface area contributed by atoms with Crippen LogP contribution in [0.2, 0.25) is 0 Å². The summed E-state index contributed by atoms with van der Waals surface area (Å²) < 4.78 is 8.79. The molecule has 0 fully saturated rings. The van der Waals surface area contributed by atoms with Crippen LogP contribution in [0.4, 0.5) is 17.2 Å². The topological polar surface area (TPSA) is 46.4 Å². The summed E-state index contributed by atoms with van der Waals surface area (Å²) in [5.41, 5.74) is 11.5. The Balaban J connectivity index is 1.25. The van der Waals surface area contributed by atoms with Crippen LogP contribution in [-0.2, 0) is 0 Å². The van der Waals surface area contributed by atoms with Gasteiger partial charge in [0.25, 0.3) is 0 Å². The number of hydrogen-bond donors (Lipinski definition) is 0. The molecule has 6 heteroatoms. The highest BCUT2D eigenvalue weighted by atomic mass is 16.5. The van der Waals surface area contributed by atoms with Crippen LogP contribution < -0.4 is 14.5 Å². The lowest BCUT2D eigenvalue weighted by Crippen LogP contribution is -2.24. The van der Waals surface area contributed by atoms with Gasteiger partial charge in [0.05, 0.1) is 29.1 Å². The highest BCUT2D eigenvalue weighted by Gasteiger charge is 2.26. The number of imidazole rings is 1. The minimum atomic E-state index is 0.287. The summed E-state index contributed by atoms with van der Waals surface area (Å²) in [6, 6.07) is 46.4. The average Bonchev–Trinajstić information content (AvgIpc) is 3.69. The van der Waals surface area contributed by atoms with Gasteiger partial charge in [-0.25, -0.2) is 4.98 Å². The smallest absolute Gasteiger partial charge is 0.221 e. The van der Waals surface area contributed by atoms with Crippen molar-refractivity contribution in [3.8, 4) is 39.8 Å². The van der Waals surface area contributed by atoms with E-state index in [4.69, 9.17) is 14.7 Å². The molecule has 1 aliphatic heterocycles. The maximum Gasteiger partial charge on any atom is 0.221 e. The number of aromatic nitrogens is 3. The van der Waals surface area contributed by atoms with E-state index < -0.39 is 0 Å². The molecule has 248 valence electrons. The van der Waals surface area contributed by atoms with Crippen molar-refractivity contribution in [3.05, 3.63) is 145 Å². The predicted octanol–water partition coefficient (Wildman–Crippen LogP) is 11.3. The van der Waals surface area contributed by atoms with E-state index >= 15 is 0 Å². The molecule has 6 nitrogen and oxygen atoms in total. The first-order valence-electron chi connectivity index (χ1n) is 17.4. The maximum atomic E-state index is 6.50. The molecule has 0 N–H and O–H groups in total. The lowest BCUT2D eigenvalue weighted by atomic mass is 9.85. The van der Waals surface area contributed by atoms with Crippen LogP contribution in [0.1, 0.15) is 50.7 Å². The molecule has 0 unspecified atom stereocenters. The van der Waals surface area contributed by atoms with Crippen molar-refractivity contribution in [3.63, 3.8) is 0 Å². The Morgan fingerprint density at radius 2 is 1.28 bits per heavy atom. The summed E-state index contributed by atoms with van der Waals surface area (Å²) in [7, 11) is 2.10. The van der Waals surface area contributed by atoms with E-state index in [1.807, 2.05) is 24.3 Å². The zero-order chi connectivity index (χ0) is 34.4. The van der Waals surface area contributed by atoms with Crippen molar-refractivity contribution in [2.24, 2.45) is 0 Å². The molecule has 0 saturated carbocycles. The molecule has 0 atom stereocenters. The fourth-order valence-corrected chi connectivity index (χ4v) is 7.09. The van der Waals surface area contributed by atoms with E-state index in [2.05, 4.69) is 158 Å². The van der Waals surface area contributed by atoms with Gasteiger partial charge in [-0.15, -0.1) is 0 Å². The van der Waals surface area contributed by atoms with Crippen molar-refractivity contribution in [1.82, 2.24) is 14.5 Å². The molecule has 3 heterocycles. The Morgan fingerprint density at radius 3 is 1.98 bits per heavy atom. The van der Waals surface area contributed by atoms with Crippen LogP contribution >= 0.6 is 0 Å². The van der Waals surface area contributed by atoms with E-state index in [-0.39, 0.29) is 11.8 Å². The summed E-state index contributed by atoms with van der Waals surface area (Å²) in [5, 5.41) is 0. The molecule has 5 aromatic carbocycles. The largest absolute Gasteiger partial charge is 0.439 e. The molecule has 0 bridgehead atoms. The lowest BCUT2D eigenvalue weighted by molar-refractivity contribution is 0.463. The fraction of sp³-hybridized carbons (Fsp3) is 0.182. The third kappa shape index (κ3) is 5.67. The van der Waals surface area contributed by atoms with Crippen LogP contribution in [0.3, 0.4) is 0 Å². The predicted molar refractivity (Wildman–Crippen MR) is 206 cm³/mol. The molecule has 50 heavy (non-hydrogen) atoms. The molecule has 7 aromatic rings. The van der Waals surface area contributed by atoms with E-state index in [0.717, 1.165) is 40.7 Å². The summed E-state index contributed by atoms with van der Waals surface area (Å²) in [6.07, 6.45) is 0. The van der Waals surface area contributed by atoms with Crippen molar-refractivity contribution in [1.29, 1.82) is 0 Å². The SMILES string of the molecule is CC(C)c1cc(-c2ccccc2)cc(C(C)C)c1-c1nc2ccc(Oc3cccc(N4CN(C)c5ccccc54)n3)cc2n1-c1ccccc1. The zero-order valence-electron chi connectivity index (χ0n) is 29.2. The van der Waals surface area contributed by atoms with Gasteiger partial charge in [-0.2, -0.15) is 4.98 Å². The molecular weight excluding hydrogens is 615 g/mol. The Kier molecular flexibility index (Phi) is 8.08. The lowest BCUT2D eigenvalue weighted by Gasteiger charge is -2.22. The third-order valence-electron chi connectivity index (χ3n) is 9.56. The Morgan fingerprint density at radius 1 is 0.620 bits per heavy atom. The second kappa shape index (κ2) is 12.9. The van der Waals surface area contributed by atoms with Gasteiger partial charge in [0.1, 0.15) is 17.4 Å². The molecule has 8 rings (SSSR count). The number of pyridine rings is 1. The Labute approximate surface area is 294 Å². The number of hydrogen-bond acceptors (Lipinski definition) is 5. The van der Waals surface area contributed by atoms with Gasteiger partial charge in [-0.3, -0.25) is 4.57 Å². The van der Waals surface area contributed by atoms with Crippen molar-refractivity contribution in [2.75, 3.05) is 23.5 Å². The number of para-hydroxylation sites is 3. The van der Waals surface area contributed by atoms with Gasteiger partial charge in [0, 0.05) is 30.4 Å². The maximum absolute atomic E-state index is 6.50. The van der Waals surface area contributed by atoms with E-state index in [1.165, 1.54) is 33.5 Å². The molecular formula is C44H41N5O. The van der Waals surface area contributed by atoms with Gasteiger partial charge in [-0.05, 0) is 76.6 Å². The van der Waals surface area contributed by atoms with Crippen LogP contribution in [0.15, 0.2) is 133 Å². The summed E-state index contributed by atoms with van der Waals surface area (Å²) in [4.78, 5) is 14.8. The molecule has 0 aliphatic carbocycles. The van der Waals surface area contributed by atoms with Crippen molar-refractivity contribution in [2.45, 2.75) is 39.5 Å². The molecule has 1 aliphatic rings. The Hall–Kier alpha value is -5.88. The summed E-state index contributed by atoms with van der Waals surface area (Å²) in [6.45, 7) is 9.83. The standard InChI is InChI=1S/C44H41N5O/c1-29(2)35-25-32(31-15-8-6-9-16-31)26-36(30(3)4)43(35)44-45-37-24-23-34(27-40(37)49(44)33-17-10-7-11-18-33)50-42-22-14-21-41(46-42)48-28-47(5)38-19-12-13-20-39(38)48/h6-27,29-30H,28H2,1-5H3. The minimum absolute atomic E-state index is 0.287. The van der Waals surface area contributed by atoms with Gasteiger partial charge < -0.3 is 14.5 Å². The van der Waals surface area contributed by atoms with E-state index in [0.29, 0.717) is 11.6 Å². The van der Waals surface area contributed by atoms with Gasteiger partial charge in [0.2, 0.25) is 5.88 Å². The minimum Gasteiger partial charge on any atom is -0.439 e. The van der Waals surface area contributed by atoms with Crippen molar-refractivity contribution >= 4 is 28.2 Å². The van der Waals surface area contributed by atoms with Crippen LogP contribution in [0, 0.1) is 0 Å². The second-order valence-corrected chi connectivity index (χ2v) is 13.7. The molecule has 0 saturated heterocycles. The first-order chi connectivity index (χ1) is 24.4. The third-order valence-corrected chi connectivity index (χ3v) is 9.56. The first-order valence-corrected chi connectivity index (χ1v) is 17.4. The normalized spacial score (nSPS) is 12.7. The number of anilines is 3. The van der Waals surface area contributed by atoms with Gasteiger partial charge in [-0.1, -0.05) is 107 Å². The molecule has 0 amide bonds. The number of rotatable bonds is 8. The fourth-order valence-electron chi connectivity index (χ4n) is 7.09. The van der Waals surface area contributed by atoms with Crippen LogP contribution in [0.5, 0.6) is 11.6 Å². The number of fused-ring (bicyclic) bond motifs is 2. The Bertz CT molecular complexity index is 2280. The zero-order valence-corrected chi connectivity index (χ0v) is 29.2. The summed E-state index contributed by atoms with van der Waals surface area (Å²) >= 11 is 0. The number of ether oxygens (including phenoxy) is 1. The summed E-state index contributed by atoms with van der Waals surface area (Å²) in [5.74, 6) is 3.60. The second-order valence-electron chi connectivity index (χ2n) is 13.7. The monoisotopic (exact) mass is 655 g/mol. The molecule has 0 spiro atoms. The molecule has 0 radical (unpaired) electrons. The highest BCUT2D eigenvalue weighted by Crippen LogP contribution is 2.43. The quantitative estimate of drug-likeness (QED) is 0.163. The van der Waals surface area contributed by atoms with E-state index in [1.54, 1.807) is 0 Å². The number of benzene rings is 5. The van der Waals surface area contributed by atoms with Gasteiger partial charge in [0.15, 0.2) is 0 Å². The van der Waals surface area contributed by atoms with Gasteiger partial charge >= 0.3 is 0 Å². The van der Waals surface area contributed by atoms with Crippen LogP contribution in [-0.4, -0.2) is 28.3 Å². The molecule has 2 aromatic heterocycles. The van der Waals surface area contributed by atoms with Crippen LogP contribution in [0.25, 0.3) is 39.2 Å². The first kappa shape index (κ1) is 31.4.